The first-order valence-corrected chi connectivity index (χ1v) is 19.0. The molecule has 0 bridgehead atoms. The van der Waals surface area contributed by atoms with Crippen molar-refractivity contribution in [3.8, 4) is 5.75 Å². The fourth-order valence-corrected chi connectivity index (χ4v) is 9.73. The molecule has 1 amide bonds. The van der Waals surface area contributed by atoms with Gasteiger partial charge >= 0.3 is 0 Å². The molecular formula is C43H30Cl4N4O4. The Kier molecular flexibility index (Phi) is 9.94. The number of carbonyl (C=O) groups excluding carboxylic acids is 3. The maximum Gasteiger partial charge on any atom is 0.235 e. The number of aromatic hydroxyl groups is 1. The zero-order valence-corrected chi connectivity index (χ0v) is 31.8. The van der Waals surface area contributed by atoms with E-state index in [-0.39, 0.29) is 39.3 Å². The van der Waals surface area contributed by atoms with Crippen LogP contribution in [0.4, 0.5) is 0 Å². The van der Waals surface area contributed by atoms with Gasteiger partial charge in [-0.3, -0.25) is 29.3 Å². The number of hydrogen-bond acceptors (Lipinski definition) is 7. The van der Waals surface area contributed by atoms with E-state index >= 15 is 9.59 Å². The summed E-state index contributed by atoms with van der Waals surface area (Å²) in [6.07, 6.45) is 4.76. The van der Waals surface area contributed by atoms with Crippen LogP contribution in [0.25, 0.3) is 0 Å². The van der Waals surface area contributed by atoms with Gasteiger partial charge in [-0.2, -0.15) is 0 Å². The van der Waals surface area contributed by atoms with Crippen molar-refractivity contribution in [3.63, 3.8) is 0 Å². The number of amides is 1. The molecule has 3 aromatic heterocycles. The summed E-state index contributed by atoms with van der Waals surface area (Å²) < 4.78 is 0. The third kappa shape index (κ3) is 6.27. The summed E-state index contributed by atoms with van der Waals surface area (Å²) in [5.74, 6) is -6.19. The van der Waals surface area contributed by atoms with Crippen LogP contribution in [-0.2, 0) is 10.3 Å². The van der Waals surface area contributed by atoms with Crippen LogP contribution < -0.4 is 0 Å². The normalized spacial score (nSPS) is 23.3. The van der Waals surface area contributed by atoms with Crippen molar-refractivity contribution in [3.05, 3.63) is 188 Å². The number of phenolic OH excluding ortho intramolecular Hbond substituents is 1. The number of rotatable bonds is 8. The van der Waals surface area contributed by atoms with Crippen LogP contribution in [0, 0.1) is 11.8 Å². The van der Waals surface area contributed by atoms with Crippen LogP contribution in [0.1, 0.15) is 67.7 Å². The Hall–Kier alpha value is -5.12. The van der Waals surface area contributed by atoms with Crippen LogP contribution in [0.5, 0.6) is 5.75 Å². The van der Waals surface area contributed by atoms with Crippen LogP contribution in [0.2, 0.25) is 20.1 Å². The molecule has 6 atom stereocenters. The van der Waals surface area contributed by atoms with E-state index in [1.165, 1.54) is 18.3 Å². The van der Waals surface area contributed by atoms with E-state index in [1.54, 1.807) is 120 Å². The zero-order chi connectivity index (χ0) is 38.4. The van der Waals surface area contributed by atoms with Gasteiger partial charge in [-0.1, -0.05) is 88.9 Å². The molecule has 12 heteroatoms. The Morgan fingerprint density at radius 2 is 1.31 bits per heavy atom. The highest BCUT2D eigenvalue weighted by atomic mass is 35.5. The number of pyridine rings is 3. The summed E-state index contributed by atoms with van der Waals surface area (Å²) in [5.41, 5.74) is 0.461. The van der Waals surface area contributed by atoms with Gasteiger partial charge in [0.05, 0.1) is 34.4 Å². The number of carbonyl (C=O) groups is 3. The van der Waals surface area contributed by atoms with Gasteiger partial charge in [0.1, 0.15) is 17.4 Å². The predicted molar refractivity (Wildman–Crippen MR) is 211 cm³/mol. The largest absolute Gasteiger partial charge is 0.507 e. The lowest BCUT2D eigenvalue weighted by Gasteiger charge is -2.51. The van der Waals surface area contributed by atoms with Gasteiger partial charge in [0.2, 0.25) is 5.91 Å². The first-order chi connectivity index (χ1) is 26.6. The van der Waals surface area contributed by atoms with Crippen LogP contribution >= 0.6 is 46.4 Å². The number of benzene rings is 3. The quantitative estimate of drug-likeness (QED) is 0.120. The minimum Gasteiger partial charge on any atom is -0.507 e. The lowest BCUT2D eigenvalue weighted by Crippen LogP contribution is -2.59. The molecule has 0 saturated carbocycles. The number of nitrogens with zero attached hydrogens (tertiary/aromatic N) is 4. The maximum absolute atomic E-state index is 16.0. The number of fused-ring (bicyclic) bond motifs is 1. The minimum absolute atomic E-state index is 0.00457. The number of Topliss-reactive ketones (excluding diaryl/α,β-unsaturated/α-hetero) is 2. The average Bonchev–Trinajstić information content (AvgIpc) is 3.50. The number of piperidine rings is 1. The molecule has 2 aliphatic heterocycles. The molecule has 6 aromatic rings. The lowest BCUT2D eigenvalue weighted by atomic mass is 9.62. The zero-order valence-electron chi connectivity index (χ0n) is 28.8. The highest BCUT2D eigenvalue weighted by Crippen LogP contribution is 2.66. The summed E-state index contributed by atoms with van der Waals surface area (Å²) in [4.78, 5) is 62.2. The standard InChI is InChI=1S/C43H30Cl4N4O4/c44-24-14-16-26(30(46)21-24)29-23-43(35-13-5-8-20-50-35)38(41(54)33-11-4-7-19-49-33)36(27-17-15-25(45)22-31(27)47)39(32-10-3-6-18-48-32)51(43)42(55)37(29)40(53)28-9-1-2-12-34(28)52/h1-22,29,36-39,52H,23H2/t29-,36+,37+,38-,39-,43+/m1/s1. The Labute approximate surface area is 336 Å². The molecule has 0 spiro atoms. The molecule has 2 saturated heterocycles. The van der Waals surface area contributed by atoms with Crippen molar-refractivity contribution >= 4 is 63.9 Å². The molecule has 2 fully saturated rings. The summed E-state index contributed by atoms with van der Waals surface area (Å²) >= 11 is 26.9. The number of phenols is 1. The van der Waals surface area contributed by atoms with E-state index in [2.05, 4.69) is 4.98 Å². The molecule has 2 aliphatic rings. The van der Waals surface area contributed by atoms with Crippen molar-refractivity contribution in [1.82, 2.24) is 19.9 Å². The third-order valence-corrected chi connectivity index (χ3v) is 11.9. The number of hydrogen-bond donors (Lipinski definition) is 1. The fraction of sp³-hybridized carbons (Fsp3) is 0.163. The van der Waals surface area contributed by atoms with E-state index in [1.807, 2.05) is 0 Å². The SMILES string of the molecule is O=C(c1ccccc1O)[C@H]1C(=O)N2[C@H](c3ccccn3)[C@@H](c3ccc(Cl)cc3Cl)[C@H](C(=O)c3ccccn3)[C@@]2(c2ccccn2)C[C@@H]1c1ccc(Cl)cc1Cl. The monoisotopic (exact) mass is 806 g/mol. The van der Waals surface area contributed by atoms with Gasteiger partial charge in [0, 0.05) is 50.5 Å². The van der Waals surface area contributed by atoms with Crippen molar-refractivity contribution < 1.29 is 19.5 Å². The summed E-state index contributed by atoms with van der Waals surface area (Å²) in [5, 5.41) is 12.2. The highest BCUT2D eigenvalue weighted by Gasteiger charge is 2.70. The fourth-order valence-electron chi connectivity index (χ4n) is 8.65. The minimum atomic E-state index is -1.55. The second kappa shape index (κ2) is 14.8. The van der Waals surface area contributed by atoms with Gasteiger partial charge in [-0.05, 0) is 90.3 Å². The number of aromatic nitrogens is 3. The molecular weight excluding hydrogens is 778 g/mol. The Morgan fingerprint density at radius 3 is 1.91 bits per heavy atom. The second-order valence-corrected chi connectivity index (χ2v) is 15.3. The molecule has 0 aliphatic carbocycles. The van der Waals surface area contributed by atoms with Crippen LogP contribution in [0.15, 0.2) is 134 Å². The average molecular weight is 809 g/mol. The van der Waals surface area contributed by atoms with Crippen molar-refractivity contribution in [2.75, 3.05) is 0 Å². The van der Waals surface area contributed by atoms with Gasteiger partial charge in [0.15, 0.2) is 11.6 Å². The van der Waals surface area contributed by atoms with E-state index in [0.717, 1.165) is 0 Å². The van der Waals surface area contributed by atoms with Gasteiger partial charge in [0.25, 0.3) is 0 Å². The van der Waals surface area contributed by atoms with Gasteiger partial charge < -0.3 is 10.0 Å². The van der Waals surface area contributed by atoms with Gasteiger partial charge in [-0.25, -0.2) is 0 Å². The molecule has 1 N–H and O–H groups in total. The molecule has 8 rings (SSSR count). The summed E-state index contributed by atoms with van der Waals surface area (Å²) in [6, 6.07) is 30.8. The predicted octanol–water partition coefficient (Wildman–Crippen LogP) is 9.94. The van der Waals surface area contributed by atoms with E-state index < -0.39 is 46.9 Å². The van der Waals surface area contributed by atoms with E-state index in [0.29, 0.717) is 32.6 Å². The van der Waals surface area contributed by atoms with Gasteiger partial charge in [-0.15, -0.1) is 0 Å². The molecule has 0 radical (unpaired) electrons. The third-order valence-electron chi connectivity index (χ3n) is 10.8. The Bertz CT molecular complexity index is 2440. The number of halogens is 4. The lowest BCUT2D eigenvalue weighted by molar-refractivity contribution is -0.149. The van der Waals surface area contributed by atoms with Crippen LogP contribution in [-0.4, -0.2) is 42.4 Å². The van der Waals surface area contributed by atoms with Crippen LogP contribution in [0.3, 0.4) is 0 Å². The summed E-state index contributed by atoms with van der Waals surface area (Å²) in [7, 11) is 0. The highest BCUT2D eigenvalue weighted by molar-refractivity contribution is 6.35. The molecule has 0 unspecified atom stereocenters. The second-order valence-electron chi connectivity index (χ2n) is 13.6. The van der Waals surface area contributed by atoms with E-state index in [4.69, 9.17) is 56.4 Å². The van der Waals surface area contributed by atoms with E-state index in [9.17, 15) is 9.90 Å². The van der Waals surface area contributed by atoms with Crippen molar-refractivity contribution in [2.45, 2.75) is 29.8 Å². The number of para-hydroxylation sites is 1. The Morgan fingerprint density at radius 1 is 0.691 bits per heavy atom. The molecule has 55 heavy (non-hydrogen) atoms. The smallest absolute Gasteiger partial charge is 0.235 e. The molecule has 8 nitrogen and oxygen atoms in total. The summed E-state index contributed by atoms with van der Waals surface area (Å²) in [6.45, 7) is 0. The van der Waals surface area contributed by atoms with Crippen molar-refractivity contribution in [2.24, 2.45) is 11.8 Å². The molecule has 5 heterocycles. The topological polar surface area (TPSA) is 113 Å². The first kappa shape index (κ1) is 36.8. The van der Waals surface area contributed by atoms with Crippen molar-refractivity contribution in [1.29, 1.82) is 0 Å². The maximum atomic E-state index is 16.0. The molecule has 274 valence electrons. The Balaban J connectivity index is 1.49. The molecule has 3 aromatic carbocycles. The first-order valence-electron chi connectivity index (χ1n) is 17.4. The number of ketones is 2.